The predicted molar refractivity (Wildman–Crippen MR) is 161 cm³/mol. The second-order valence-electron chi connectivity index (χ2n) is 9.91. The number of para-hydroxylation sites is 1. The molecule has 198 valence electrons. The average Bonchev–Trinajstić information content (AvgIpc) is 3.52. The molecule has 6 rings (SSSR count). The van der Waals surface area contributed by atoms with Crippen LogP contribution >= 0.6 is 12.2 Å². The Bertz CT molecular complexity index is 1420. The average molecular weight is 537 g/mol. The van der Waals surface area contributed by atoms with Gasteiger partial charge >= 0.3 is 0 Å². The largest absolute Gasteiger partial charge is 0.439 e. The lowest BCUT2D eigenvalue weighted by molar-refractivity contribution is 0.462. The number of benzene rings is 3. The number of nitrogens with one attached hydrogen (secondary N) is 2. The van der Waals surface area contributed by atoms with Crippen LogP contribution < -0.4 is 25.2 Å². The number of hydrogen-bond donors (Lipinski definition) is 2. The van der Waals surface area contributed by atoms with Gasteiger partial charge < -0.3 is 25.2 Å². The number of rotatable bonds is 7. The summed E-state index contributed by atoms with van der Waals surface area (Å²) < 4.78 is 6.10. The van der Waals surface area contributed by atoms with Crippen molar-refractivity contribution in [2.75, 3.05) is 34.8 Å². The normalized spacial score (nSPS) is 14.6. The van der Waals surface area contributed by atoms with E-state index in [0.717, 1.165) is 49.7 Å². The van der Waals surface area contributed by atoms with Gasteiger partial charge in [-0.2, -0.15) is 9.97 Å². The van der Waals surface area contributed by atoms with Crippen molar-refractivity contribution in [3.05, 3.63) is 102 Å². The van der Waals surface area contributed by atoms with Crippen LogP contribution in [0.15, 0.2) is 84.9 Å². The quantitative estimate of drug-likeness (QED) is 0.282. The van der Waals surface area contributed by atoms with Crippen molar-refractivity contribution in [1.29, 1.82) is 0 Å². The fourth-order valence-electron chi connectivity index (χ4n) is 5.11. The Morgan fingerprint density at radius 1 is 0.821 bits per heavy atom. The van der Waals surface area contributed by atoms with Crippen LogP contribution in [0, 0.1) is 0 Å². The van der Waals surface area contributed by atoms with Crippen molar-refractivity contribution in [2.24, 2.45) is 0 Å². The van der Waals surface area contributed by atoms with Crippen LogP contribution in [0.4, 0.5) is 17.5 Å². The first-order valence-electron chi connectivity index (χ1n) is 13.5. The van der Waals surface area contributed by atoms with Gasteiger partial charge in [0.15, 0.2) is 5.11 Å². The Kier molecular flexibility index (Phi) is 7.54. The van der Waals surface area contributed by atoms with Crippen molar-refractivity contribution < 1.29 is 4.74 Å². The van der Waals surface area contributed by atoms with E-state index in [-0.39, 0.29) is 0 Å². The van der Waals surface area contributed by atoms with Crippen LogP contribution in [0.25, 0.3) is 0 Å². The zero-order valence-corrected chi connectivity index (χ0v) is 22.7. The first kappa shape index (κ1) is 25.1. The van der Waals surface area contributed by atoms with Crippen LogP contribution in [0.1, 0.15) is 29.5 Å². The molecule has 1 aromatic heterocycles. The van der Waals surface area contributed by atoms with Gasteiger partial charge in [0.05, 0.1) is 0 Å². The topological polar surface area (TPSA) is 65.6 Å². The van der Waals surface area contributed by atoms with Crippen LogP contribution in [-0.2, 0) is 19.5 Å². The highest BCUT2D eigenvalue weighted by molar-refractivity contribution is 7.80. The second kappa shape index (κ2) is 11.7. The molecule has 0 saturated carbocycles. The van der Waals surface area contributed by atoms with E-state index >= 15 is 0 Å². The van der Waals surface area contributed by atoms with E-state index < -0.39 is 0 Å². The Balaban J connectivity index is 1.15. The molecule has 1 fully saturated rings. The Morgan fingerprint density at radius 3 is 2.36 bits per heavy atom. The zero-order valence-electron chi connectivity index (χ0n) is 21.8. The van der Waals surface area contributed by atoms with Crippen molar-refractivity contribution >= 4 is 34.8 Å². The van der Waals surface area contributed by atoms with Gasteiger partial charge in [-0.3, -0.25) is 0 Å². The monoisotopic (exact) mass is 536 g/mol. The zero-order chi connectivity index (χ0) is 26.4. The summed E-state index contributed by atoms with van der Waals surface area (Å²) in [6.07, 6.45) is 3.51. The molecule has 0 atom stereocenters. The maximum atomic E-state index is 6.10. The minimum absolute atomic E-state index is 0.402. The second-order valence-corrected chi connectivity index (χ2v) is 10.3. The molecular formula is C31H32N6OS. The smallest absolute Gasteiger partial charge is 0.234 e. The molecule has 7 nitrogen and oxygen atoms in total. The lowest BCUT2D eigenvalue weighted by Gasteiger charge is -2.30. The van der Waals surface area contributed by atoms with E-state index in [1.165, 1.54) is 29.7 Å². The summed E-state index contributed by atoms with van der Waals surface area (Å²) in [5.41, 5.74) is 5.15. The molecule has 2 aliphatic rings. The van der Waals surface area contributed by atoms with Gasteiger partial charge in [0.1, 0.15) is 11.6 Å². The first-order chi connectivity index (χ1) is 19.2. The molecule has 8 heteroatoms. The molecule has 1 saturated heterocycles. The van der Waals surface area contributed by atoms with E-state index in [9.17, 15) is 0 Å². The third kappa shape index (κ3) is 6.29. The van der Waals surface area contributed by atoms with Crippen molar-refractivity contribution in [3.8, 4) is 11.6 Å². The molecule has 0 unspecified atom stereocenters. The molecule has 39 heavy (non-hydrogen) atoms. The molecule has 0 amide bonds. The standard InChI is InChI=1S/C31H32N6OS/c39-31(32-21-23-12-14-26(15-13-23)36-17-6-7-18-36)35-30-33-28(20-29(34-30)38-27-10-2-1-3-11-27)37-19-16-24-8-4-5-9-25(24)22-37/h1-5,8-15,20H,6-7,16-19,21-22H2,(H2,32,33,34,35,39). The van der Waals surface area contributed by atoms with Crippen LogP contribution in [0.2, 0.25) is 0 Å². The maximum Gasteiger partial charge on any atom is 0.234 e. The van der Waals surface area contributed by atoms with Gasteiger partial charge in [0, 0.05) is 44.5 Å². The Labute approximate surface area is 234 Å². The van der Waals surface area contributed by atoms with Gasteiger partial charge in [-0.1, -0.05) is 54.6 Å². The minimum Gasteiger partial charge on any atom is -0.439 e. The van der Waals surface area contributed by atoms with Crippen LogP contribution in [-0.4, -0.2) is 34.7 Å². The summed E-state index contributed by atoms with van der Waals surface area (Å²) in [6, 6.07) is 28.8. The number of nitrogens with zero attached hydrogens (tertiary/aromatic N) is 4. The number of fused-ring (bicyclic) bond motifs is 1. The molecule has 0 aliphatic carbocycles. The molecule has 0 radical (unpaired) electrons. The predicted octanol–water partition coefficient (Wildman–Crippen LogP) is 5.92. The fraction of sp³-hybridized carbons (Fsp3) is 0.258. The molecule has 0 spiro atoms. The van der Waals surface area contributed by atoms with Crippen LogP contribution in [0.5, 0.6) is 11.6 Å². The first-order valence-corrected chi connectivity index (χ1v) is 13.9. The van der Waals surface area contributed by atoms with Gasteiger partial charge in [0.25, 0.3) is 0 Å². The Hall–Kier alpha value is -4.17. The van der Waals surface area contributed by atoms with Crippen molar-refractivity contribution in [3.63, 3.8) is 0 Å². The molecule has 3 aromatic carbocycles. The molecule has 2 N–H and O–H groups in total. The lowest BCUT2D eigenvalue weighted by Crippen LogP contribution is -2.32. The summed E-state index contributed by atoms with van der Waals surface area (Å²) in [7, 11) is 0. The number of anilines is 3. The van der Waals surface area contributed by atoms with Crippen LogP contribution in [0.3, 0.4) is 0 Å². The summed E-state index contributed by atoms with van der Waals surface area (Å²) in [6.45, 7) is 4.55. The third-order valence-corrected chi connectivity index (χ3v) is 7.44. The minimum atomic E-state index is 0.402. The maximum absolute atomic E-state index is 6.10. The number of thiocarbonyl (C=S) groups is 1. The highest BCUT2D eigenvalue weighted by Crippen LogP contribution is 2.28. The number of aromatic nitrogens is 2. The van der Waals surface area contributed by atoms with Crippen molar-refractivity contribution in [1.82, 2.24) is 15.3 Å². The molecule has 2 aliphatic heterocycles. The van der Waals surface area contributed by atoms with Gasteiger partial charge in [-0.15, -0.1) is 0 Å². The number of ether oxygens (including phenoxy) is 1. The third-order valence-electron chi connectivity index (χ3n) is 7.20. The summed E-state index contributed by atoms with van der Waals surface area (Å²) in [5.74, 6) is 2.38. The van der Waals surface area contributed by atoms with E-state index in [4.69, 9.17) is 21.9 Å². The molecule has 3 heterocycles. The SMILES string of the molecule is S=C(NCc1ccc(N2CCCC2)cc1)Nc1nc(Oc2ccccc2)cc(N2CCc3ccccc3C2)n1. The Morgan fingerprint density at radius 2 is 1.56 bits per heavy atom. The number of hydrogen-bond acceptors (Lipinski definition) is 6. The highest BCUT2D eigenvalue weighted by Gasteiger charge is 2.20. The van der Waals surface area contributed by atoms with Gasteiger partial charge in [-0.05, 0) is 72.4 Å². The van der Waals surface area contributed by atoms with Gasteiger partial charge in [0.2, 0.25) is 11.8 Å². The highest BCUT2D eigenvalue weighted by atomic mass is 32.1. The van der Waals surface area contributed by atoms with E-state index in [0.29, 0.717) is 23.5 Å². The molecule has 0 bridgehead atoms. The van der Waals surface area contributed by atoms with E-state index in [2.05, 4.69) is 73.9 Å². The fourth-order valence-corrected chi connectivity index (χ4v) is 5.28. The summed E-state index contributed by atoms with van der Waals surface area (Å²) in [4.78, 5) is 14.1. The summed E-state index contributed by atoms with van der Waals surface area (Å²) >= 11 is 5.61. The lowest BCUT2D eigenvalue weighted by atomic mass is 10.00. The van der Waals surface area contributed by atoms with E-state index in [1.807, 2.05) is 36.4 Å². The van der Waals surface area contributed by atoms with Gasteiger partial charge in [-0.25, -0.2) is 0 Å². The summed E-state index contributed by atoms with van der Waals surface area (Å²) in [5, 5.41) is 6.93. The molecular weight excluding hydrogens is 504 g/mol. The van der Waals surface area contributed by atoms with Crippen molar-refractivity contribution in [2.45, 2.75) is 32.4 Å². The van der Waals surface area contributed by atoms with E-state index in [1.54, 1.807) is 0 Å². The molecule has 4 aromatic rings.